The number of aromatic nitrogens is 2. The van der Waals surface area contributed by atoms with E-state index in [4.69, 9.17) is 4.98 Å². The van der Waals surface area contributed by atoms with Gasteiger partial charge in [0.25, 0.3) is 5.56 Å². The number of H-pyrrole nitrogens is 1. The van der Waals surface area contributed by atoms with Crippen molar-refractivity contribution >= 4 is 21.6 Å². The quantitative estimate of drug-likeness (QED) is 0.366. The Morgan fingerprint density at radius 1 is 1.06 bits per heavy atom. The molecule has 0 radical (unpaired) electrons. The van der Waals surface area contributed by atoms with E-state index in [0.717, 1.165) is 28.1 Å². The lowest BCUT2D eigenvalue weighted by Gasteiger charge is -2.26. The normalized spacial score (nSPS) is 12.7. The van der Waals surface area contributed by atoms with E-state index in [9.17, 15) is 9.90 Å². The molecule has 0 spiro atoms. The van der Waals surface area contributed by atoms with Gasteiger partial charge in [-0.2, -0.15) is 0 Å². The first kappa shape index (κ1) is 23.4. The van der Waals surface area contributed by atoms with Crippen LogP contribution in [0.25, 0.3) is 21.3 Å². The van der Waals surface area contributed by atoms with Crippen molar-refractivity contribution in [2.45, 2.75) is 40.3 Å². The van der Waals surface area contributed by atoms with Crippen molar-refractivity contribution in [3.63, 3.8) is 0 Å². The Morgan fingerprint density at radius 2 is 1.82 bits per heavy atom. The summed E-state index contributed by atoms with van der Waals surface area (Å²) in [6.07, 6.45) is -0.599. The van der Waals surface area contributed by atoms with Gasteiger partial charge in [0.05, 0.1) is 18.0 Å². The fourth-order valence-electron chi connectivity index (χ4n) is 4.15. The van der Waals surface area contributed by atoms with Crippen LogP contribution in [-0.4, -0.2) is 33.1 Å². The third-order valence-electron chi connectivity index (χ3n) is 5.92. The van der Waals surface area contributed by atoms with Gasteiger partial charge >= 0.3 is 0 Å². The highest BCUT2D eigenvalue weighted by Gasteiger charge is 2.18. The fourth-order valence-corrected chi connectivity index (χ4v) is 5.11. The fraction of sp³-hybridized carbons (Fsp3) is 0.333. The van der Waals surface area contributed by atoms with E-state index in [0.29, 0.717) is 30.2 Å². The molecule has 1 atom stereocenters. The minimum atomic E-state index is -0.599. The number of aryl methyl sites for hydroxylation is 2. The van der Waals surface area contributed by atoms with Crippen LogP contribution in [0.5, 0.6) is 0 Å². The van der Waals surface area contributed by atoms with E-state index in [1.165, 1.54) is 22.5 Å². The zero-order valence-electron chi connectivity index (χ0n) is 19.6. The first-order chi connectivity index (χ1) is 15.8. The Bertz CT molecular complexity index is 1290. The maximum absolute atomic E-state index is 13.1. The molecule has 2 aromatic heterocycles. The summed E-state index contributed by atoms with van der Waals surface area (Å²) >= 11 is 1.50. The number of benzene rings is 2. The molecule has 0 amide bonds. The van der Waals surface area contributed by atoms with Crippen LogP contribution in [0.1, 0.15) is 42.5 Å². The number of aliphatic hydroxyl groups excluding tert-OH is 1. The largest absolute Gasteiger partial charge is 0.387 e. The topological polar surface area (TPSA) is 69.2 Å². The van der Waals surface area contributed by atoms with Crippen LogP contribution < -0.4 is 5.56 Å². The number of nitrogens with one attached hydrogen (secondary N) is 1. The lowest BCUT2D eigenvalue weighted by atomic mass is 10.0. The Labute approximate surface area is 198 Å². The zero-order valence-corrected chi connectivity index (χ0v) is 20.4. The van der Waals surface area contributed by atoms with E-state index in [2.05, 4.69) is 55.8 Å². The molecule has 4 aromatic rings. The van der Waals surface area contributed by atoms with Crippen LogP contribution in [-0.2, 0) is 6.54 Å². The molecule has 33 heavy (non-hydrogen) atoms. The van der Waals surface area contributed by atoms with Crippen molar-refractivity contribution in [1.82, 2.24) is 14.9 Å². The standard InChI is InChI=1S/C27H31N3O2S/c1-17(2)13-30(14-23(31)20-8-6-5-7-9-20)15-24-28-26(32)25-22(16-33-27(25)29-24)21-11-10-18(3)19(4)12-21/h5-12,16-17,23,31H,13-15H2,1-4H3,(H,28,29,32)/t23-/m1/s1. The summed E-state index contributed by atoms with van der Waals surface area (Å²) in [7, 11) is 0. The van der Waals surface area contributed by atoms with Gasteiger partial charge in [-0.1, -0.05) is 62.4 Å². The number of thiophene rings is 1. The average Bonchev–Trinajstić information content (AvgIpc) is 3.20. The SMILES string of the molecule is Cc1ccc(-c2csc3nc(CN(CC(C)C)C[C@@H](O)c4ccccc4)[nH]c(=O)c23)cc1C. The number of nitrogens with zero attached hydrogens (tertiary/aromatic N) is 2. The molecule has 4 rings (SSSR count). The lowest BCUT2D eigenvalue weighted by molar-refractivity contribution is 0.100. The summed E-state index contributed by atoms with van der Waals surface area (Å²) < 4.78 is 0. The highest BCUT2D eigenvalue weighted by atomic mass is 32.1. The molecule has 172 valence electrons. The summed E-state index contributed by atoms with van der Waals surface area (Å²) in [4.78, 5) is 23.8. The van der Waals surface area contributed by atoms with Gasteiger partial charge in [0, 0.05) is 24.0 Å². The lowest BCUT2D eigenvalue weighted by Crippen LogP contribution is -2.33. The van der Waals surface area contributed by atoms with Crippen molar-refractivity contribution in [3.8, 4) is 11.1 Å². The summed E-state index contributed by atoms with van der Waals surface area (Å²) in [6, 6.07) is 16.0. The molecule has 2 heterocycles. The predicted molar refractivity (Wildman–Crippen MR) is 137 cm³/mol. The highest BCUT2D eigenvalue weighted by Crippen LogP contribution is 2.32. The maximum atomic E-state index is 13.1. The van der Waals surface area contributed by atoms with Gasteiger partial charge in [-0.3, -0.25) is 9.69 Å². The van der Waals surface area contributed by atoms with Gasteiger partial charge in [0.1, 0.15) is 10.7 Å². The number of aromatic amines is 1. The molecule has 2 aromatic carbocycles. The number of aliphatic hydroxyl groups is 1. The van der Waals surface area contributed by atoms with Crippen LogP contribution in [0.15, 0.2) is 58.7 Å². The van der Waals surface area contributed by atoms with Crippen LogP contribution in [0.3, 0.4) is 0 Å². The van der Waals surface area contributed by atoms with E-state index in [1.54, 1.807) is 0 Å². The Hall–Kier alpha value is -2.80. The van der Waals surface area contributed by atoms with E-state index >= 15 is 0 Å². The summed E-state index contributed by atoms with van der Waals surface area (Å²) in [5, 5.41) is 13.4. The third-order valence-corrected chi connectivity index (χ3v) is 6.80. The van der Waals surface area contributed by atoms with E-state index in [-0.39, 0.29) is 5.56 Å². The first-order valence-electron chi connectivity index (χ1n) is 11.3. The molecule has 0 unspecified atom stereocenters. The maximum Gasteiger partial charge on any atom is 0.260 e. The van der Waals surface area contributed by atoms with Gasteiger partial charge in [-0.05, 0) is 42.0 Å². The summed E-state index contributed by atoms with van der Waals surface area (Å²) in [5.74, 6) is 1.04. The van der Waals surface area contributed by atoms with Crippen LogP contribution in [0.4, 0.5) is 0 Å². The van der Waals surface area contributed by atoms with Crippen LogP contribution in [0.2, 0.25) is 0 Å². The van der Waals surface area contributed by atoms with Crippen molar-refractivity contribution in [2.24, 2.45) is 5.92 Å². The highest BCUT2D eigenvalue weighted by molar-refractivity contribution is 7.17. The number of fused-ring (bicyclic) bond motifs is 1. The minimum Gasteiger partial charge on any atom is -0.387 e. The summed E-state index contributed by atoms with van der Waals surface area (Å²) in [6.45, 7) is 10.2. The summed E-state index contributed by atoms with van der Waals surface area (Å²) in [5.41, 5.74) is 5.18. The van der Waals surface area contributed by atoms with Crippen LogP contribution >= 0.6 is 11.3 Å². The molecule has 0 aliphatic rings. The monoisotopic (exact) mass is 461 g/mol. The molecule has 0 aliphatic carbocycles. The molecule has 0 fully saturated rings. The molecular formula is C27H31N3O2S. The number of hydrogen-bond donors (Lipinski definition) is 2. The molecule has 0 aliphatic heterocycles. The molecule has 2 N–H and O–H groups in total. The molecule has 0 saturated heterocycles. The van der Waals surface area contributed by atoms with Gasteiger partial charge in [0.2, 0.25) is 0 Å². The first-order valence-corrected chi connectivity index (χ1v) is 12.2. The Kier molecular flexibility index (Phi) is 7.08. The van der Waals surface area contributed by atoms with Gasteiger partial charge in [-0.15, -0.1) is 11.3 Å². The zero-order chi connectivity index (χ0) is 23.5. The van der Waals surface area contributed by atoms with Gasteiger partial charge < -0.3 is 10.1 Å². The second kappa shape index (κ2) is 10.00. The van der Waals surface area contributed by atoms with Crippen molar-refractivity contribution in [2.75, 3.05) is 13.1 Å². The minimum absolute atomic E-state index is 0.113. The predicted octanol–water partition coefficient (Wildman–Crippen LogP) is 5.46. The Balaban J connectivity index is 1.61. The smallest absolute Gasteiger partial charge is 0.260 e. The van der Waals surface area contributed by atoms with E-state index in [1.807, 2.05) is 35.7 Å². The number of rotatable bonds is 8. The number of hydrogen-bond acceptors (Lipinski definition) is 5. The molecular weight excluding hydrogens is 430 g/mol. The molecule has 5 nitrogen and oxygen atoms in total. The average molecular weight is 462 g/mol. The van der Waals surface area contributed by atoms with E-state index < -0.39 is 6.10 Å². The van der Waals surface area contributed by atoms with Gasteiger partial charge in [0.15, 0.2) is 0 Å². The second-order valence-electron chi connectivity index (χ2n) is 9.16. The molecule has 0 saturated carbocycles. The second-order valence-corrected chi connectivity index (χ2v) is 10.0. The van der Waals surface area contributed by atoms with Crippen molar-refractivity contribution in [3.05, 3.63) is 86.8 Å². The Morgan fingerprint density at radius 3 is 2.52 bits per heavy atom. The third kappa shape index (κ3) is 5.41. The van der Waals surface area contributed by atoms with Crippen LogP contribution in [0, 0.1) is 19.8 Å². The van der Waals surface area contributed by atoms with Crippen molar-refractivity contribution < 1.29 is 5.11 Å². The molecule has 0 bridgehead atoms. The van der Waals surface area contributed by atoms with Crippen molar-refractivity contribution in [1.29, 1.82) is 0 Å². The van der Waals surface area contributed by atoms with Gasteiger partial charge in [-0.25, -0.2) is 4.98 Å². The molecule has 6 heteroatoms.